The lowest BCUT2D eigenvalue weighted by Crippen LogP contribution is -2.39. The average molecular weight is 698 g/mol. The lowest BCUT2D eigenvalue weighted by Gasteiger charge is -2.24. The van der Waals surface area contributed by atoms with E-state index >= 15 is 0 Å². The maximum Gasteiger partial charge on any atom is 0.338 e. The molecule has 0 spiro atoms. The lowest BCUT2D eigenvalue weighted by atomic mass is 9.96. The van der Waals surface area contributed by atoms with Gasteiger partial charge in [-0.3, -0.25) is 9.36 Å². The summed E-state index contributed by atoms with van der Waals surface area (Å²) >= 11 is 5.76. The molecule has 4 rings (SSSR count). The Bertz CT molecular complexity index is 1470. The minimum Gasteiger partial charge on any atom is -0.487 e. The minimum atomic E-state index is -0.609. The molecule has 34 heavy (non-hydrogen) atoms. The highest BCUT2D eigenvalue weighted by Gasteiger charge is 2.32. The predicted octanol–water partition coefficient (Wildman–Crippen LogP) is 4.18. The van der Waals surface area contributed by atoms with Crippen molar-refractivity contribution >= 4 is 68.6 Å². The molecule has 0 saturated carbocycles. The number of nitrogens with zero attached hydrogens (tertiary/aromatic N) is 2. The van der Waals surface area contributed by atoms with Gasteiger partial charge in [0.1, 0.15) is 12.4 Å². The van der Waals surface area contributed by atoms with Crippen LogP contribution in [0.3, 0.4) is 0 Å². The Morgan fingerprint density at radius 3 is 2.53 bits per heavy atom. The van der Waals surface area contributed by atoms with Crippen LogP contribution in [-0.4, -0.2) is 24.3 Å². The van der Waals surface area contributed by atoms with Crippen molar-refractivity contribution in [2.24, 2.45) is 4.99 Å². The summed E-state index contributed by atoms with van der Waals surface area (Å²) in [5, 5.41) is 0. The molecule has 1 atom stereocenters. The van der Waals surface area contributed by atoms with Gasteiger partial charge in [-0.1, -0.05) is 54.3 Å². The molecule has 0 N–H and O–H groups in total. The van der Waals surface area contributed by atoms with Crippen LogP contribution >= 0.6 is 56.5 Å². The van der Waals surface area contributed by atoms with Crippen LogP contribution in [0.15, 0.2) is 76.2 Å². The second-order valence-electron chi connectivity index (χ2n) is 7.40. The average Bonchev–Trinajstić information content (AvgIpc) is 3.12. The zero-order valence-electron chi connectivity index (χ0n) is 18.4. The molecule has 1 aliphatic rings. The Hall–Kier alpha value is -2.25. The first kappa shape index (κ1) is 24.9. The number of halogens is 2. The van der Waals surface area contributed by atoms with Gasteiger partial charge in [0.05, 0.1) is 36.1 Å². The number of carbonyl (C=O) groups is 1. The van der Waals surface area contributed by atoms with Crippen LogP contribution in [0.25, 0.3) is 6.08 Å². The van der Waals surface area contributed by atoms with E-state index in [0.717, 1.165) is 24.0 Å². The molecule has 0 aliphatic carbocycles. The normalized spacial score (nSPS) is 15.5. The first-order chi connectivity index (χ1) is 16.3. The second-order valence-corrected chi connectivity index (χ2v) is 10.7. The topological polar surface area (TPSA) is 69.9 Å². The Morgan fingerprint density at radius 1 is 1.24 bits per heavy atom. The Kier molecular flexibility index (Phi) is 7.73. The van der Waals surface area contributed by atoms with Crippen molar-refractivity contribution in [2.75, 3.05) is 13.7 Å². The van der Waals surface area contributed by atoms with Gasteiger partial charge in [0.15, 0.2) is 4.80 Å². The van der Waals surface area contributed by atoms with Crippen molar-refractivity contribution in [3.63, 3.8) is 0 Å². The van der Waals surface area contributed by atoms with Crippen LogP contribution < -0.4 is 19.6 Å². The molecular formula is C25H20I2N2O4S. The van der Waals surface area contributed by atoms with Crippen molar-refractivity contribution in [3.05, 3.63) is 104 Å². The molecule has 1 aromatic heterocycles. The van der Waals surface area contributed by atoms with E-state index in [1.165, 1.54) is 18.4 Å². The molecule has 1 aliphatic heterocycles. The second kappa shape index (κ2) is 10.6. The van der Waals surface area contributed by atoms with Crippen LogP contribution in [0.1, 0.15) is 24.1 Å². The summed E-state index contributed by atoms with van der Waals surface area (Å²) in [5.41, 5.74) is 2.40. The highest BCUT2D eigenvalue weighted by Crippen LogP contribution is 2.31. The van der Waals surface area contributed by atoms with Crippen molar-refractivity contribution in [1.82, 2.24) is 4.57 Å². The van der Waals surface area contributed by atoms with Gasteiger partial charge in [-0.15, -0.1) is 0 Å². The van der Waals surface area contributed by atoms with E-state index in [9.17, 15) is 9.59 Å². The van der Waals surface area contributed by atoms with Crippen molar-refractivity contribution < 1.29 is 14.3 Å². The van der Waals surface area contributed by atoms with E-state index in [0.29, 0.717) is 27.2 Å². The van der Waals surface area contributed by atoms with Gasteiger partial charge in [0, 0.05) is 0 Å². The third kappa shape index (κ3) is 4.78. The van der Waals surface area contributed by atoms with E-state index in [4.69, 9.17) is 9.47 Å². The van der Waals surface area contributed by atoms with Crippen LogP contribution in [0.2, 0.25) is 0 Å². The number of thiazole rings is 1. The quantitative estimate of drug-likeness (QED) is 0.220. The third-order valence-corrected chi connectivity index (χ3v) is 7.79. The lowest BCUT2D eigenvalue weighted by molar-refractivity contribution is -0.136. The molecule has 0 bridgehead atoms. The van der Waals surface area contributed by atoms with Gasteiger partial charge in [0.2, 0.25) is 0 Å². The Labute approximate surface area is 227 Å². The molecular weight excluding hydrogens is 678 g/mol. The van der Waals surface area contributed by atoms with Crippen molar-refractivity contribution in [2.45, 2.75) is 13.0 Å². The third-order valence-electron chi connectivity index (χ3n) is 5.21. The fourth-order valence-electron chi connectivity index (χ4n) is 3.74. The number of hydrogen-bond donors (Lipinski definition) is 0. The summed E-state index contributed by atoms with van der Waals surface area (Å²) in [6.07, 6.45) is 3.55. The Balaban J connectivity index is 1.89. The van der Waals surface area contributed by atoms with Gasteiger partial charge < -0.3 is 9.47 Å². The van der Waals surface area contributed by atoms with Gasteiger partial charge in [-0.25, -0.2) is 9.79 Å². The van der Waals surface area contributed by atoms with Crippen LogP contribution in [0, 0.1) is 7.14 Å². The fourth-order valence-corrected chi connectivity index (χ4v) is 6.91. The maximum atomic E-state index is 13.6. The molecule has 2 heterocycles. The zero-order chi connectivity index (χ0) is 24.4. The number of carbonyl (C=O) groups excluding carboxylic acids is 1. The van der Waals surface area contributed by atoms with Crippen molar-refractivity contribution in [1.29, 1.82) is 0 Å². The van der Waals surface area contributed by atoms with E-state index in [-0.39, 0.29) is 5.56 Å². The van der Waals surface area contributed by atoms with Crippen molar-refractivity contribution in [3.8, 4) is 5.75 Å². The van der Waals surface area contributed by atoms with E-state index in [1.54, 1.807) is 17.6 Å². The zero-order valence-corrected chi connectivity index (χ0v) is 23.5. The summed E-state index contributed by atoms with van der Waals surface area (Å²) in [6, 6.07) is 12.8. The molecule has 0 amide bonds. The molecule has 2 aromatic carbocycles. The summed E-state index contributed by atoms with van der Waals surface area (Å²) in [4.78, 5) is 31.4. The standard InChI is InChI=1S/C25H20I2N2O4S/c1-4-10-33-22-17(26)11-15(12-18(22)27)13-19-23(30)29-21(16-8-6-5-7-9-16)20(24(31)32-3)14(2)28-25(29)34-19/h4-9,11-13,21H,1,10H2,2-3H3/b19-13-/t21-/m0/s1. The number of rotatable bonds is 6. The summed E-state index contributed by atoms with van der Waals surface area (Å²) in [5.74, 6) is 0.297. The number of methoxy groups -OCH3 is 1. The minimum absolute atomic E-state index is 0.205. The highest BCUT2D eigenvalue weighted by molar-refractivity contribution is 14.1. The number of benzene rings is 2. The van der Waals surface area contributed by atoms with E-state index < -0.39 is 12.0 Å². The largest absolute Gasteiger partial charge is 0.487 e. The van der Waals surface area contributed by atoms with Gasteiger partial charge >= 0.3 is 5.97 Å². The molecule has 0 fully saturated rings. The van der Waals surface area contributed by atoms with E-state index in [1.807, 2.05) is 48.5 Å². The van der Waals surface area contributed by atoms with Crippen LogP contribution in [-0.2, 0) is 9.53 Å². The number of hydrogen-bond acceptors (Lipinski definition) is 6. The predicted molar refractivity (Wildman–Crippen MR) is 150 cm³/mol. The molecule has 0 radical (unpaired) electrons. The number of aromatic nitrogens is 1. The summed E-state index contributed by atoms with van der Waals surface area (Å²) < 4.78 is 14.8. The number of ether oxygens (including phenoxy) is 2. The van der Waals surface area contributed by atoms with Gasteiger partial charge in [-0.05, 0) is 81.4 Å². The van der Waals surface area contributed by atoms with Gasteiger partial charge in [0.25, 0.3) is 5.56 Å². The molecule has 0 saturated heterocycles. The molecule has 174 valence electrons. The molecule has 3 aromatic rings. The number of fused-ring (bicyclic) bond motifs is 1. The summed E-state index contributed by atoms with van der Waals surface area (Å²) in [7, 11) is 1.33. The van der Waals surface area contributed by atoms with E-state index in [2.05, 4.69) is 56.8 Å². The smallest absolute Gasteiger partial charge is 0.338 e. The summed E-state index contributed by atoms with van der Waals surface area (Å²) in [6.45, 7) is 5.88. The molecule has 0 unspecified atom stereocenters. The van der Waals surface area contributed by atoms with Gasteiger partial charge in [-0.2, -0.15) is 0 Å². The molecule has 6 nitrogen and oxygen atoms in total. The monoisotopic (exact) mass is 698 g/mol. The molecule has 9 heteroatoms. The first-order valence-electron chi connectivity index (χ1n) is 10.2. The SMILES string of the molecule is C=CCOc1c(I)cc(/C=c2\sc3n(c2=O)[C@@H](c2ccccc2)C(C(=O)OC)=C(C)N=3)cc1I. The highest BCUT2D eigenvalue weighted by atomic mass is 127. The number of esters is 1. The first-order valence-corrected chi connectivity index (χ1v) is 13.2. The van der Waals surface area contributed by atoms with Crippen LogP contribution in [0.5, 0.6) is 5.75 Å². The number of allylic oxidation sites excluding steroid dienone is 1. The van der Waals surface area contributed by atoms with Crippen LogP contribution in [0.4, 0.5) is 0 Å². The maximum absolute atomic E-state index is 13.6. The fraction of sp³-hybridized carbons (Fsp3) is 0.160. The Morgan fingerprint density at radius 2 is 1.91 bits per heavy atom.